The van der Waals surface area contributed by atoms with Crippen LogP contribution in [0.15, 0.2) is 48.5 Å². The van der Waals surface area contributed by atoms with E-state index in [1.54, 1.807) is 0 Å². The van der Waals surface area contributed by atoms with Crippen LogP contribution in [0.25, 0.3) is 0 Å². The zero-order valence-corrected chi connectivity index (χ0v) is 20.2. The average Bonchev–Trinajstić information content (AvgIpc) is 2.57. The zero-order chi connectivity index (χ0) is 22.0. The Hall–Kier alpha value is -1.51. The van der Waals surface area contributed by atoms with Crippen LogP contribution in [0.1, 0.15) is 29.2 Å². The first-order valence-electron chi connectivity index (χ1n) is 9.75. The number of nitrogens with one attached hydrogen (secondary N) is 1. The van der Waals surface area contributed by atoms with Gasteiger partial charge in [-0.15, -0.1) is 0 Å². The molecule has 0 amide bonds. The molecule has 5 nitrogen and oxygen atoms in total. The molecule has 2 aromatic carbocycles. The monoisotopic (exact) mass is 435 g/mol. The largest absolute Gasteiger partial charge is 0.413 e. The van der Waals surface area contributed by atoms with E-state index in [0.29, 0.717) is 11.1 Å². The lowest BCUT2D eigenvalue weighted by Gasteiger charge is -2.43. The molecule has 0 fully saturated rings. The maximum Gasteiger partial charge on any atom is 0.209 e. The highest BCUT2D eigenvalue weighted by atomic mass is 32.2. The van der Waals surface area contributed by atoms with Crippen molar-refractivity contribution in [3.8, 4) is 0 Å². The van der Waals surface area contributed by atoms with E-state index >= 15 is 0 Å². The molecule has 2 unspecified atom stereocenters. The summed E-state index contributed by atoms with van der Waals surface area (Å²) in [6.07, 6.45) is 0.553. The molecule has 0 spiro atoms. The lowest BCUT2D eigenvalue weighted by Crippen LogP contribution is -2.59. The fourth-order valence-corrected chi connectivity index (χ4v) is 5.93. The Morgan fingerprint density at radius 3 is 1.72 bits per heavy atom. The second-order valence-corrected chi connectivity index (χ2v) is 14.9. The summed E-state index contributed by atoms with van der Waals surface area (Å²) in [6.45, 7) is 11.8. The Morgan fingerprint density at radius 2 is 1.38 bits per heavy atom. The summed E-state index contributed by atoms with van der Waals surface area (Å²) in [5, 5.41) is 12.3. The zero-order valence-electron chi connectivity index (χ0n) is 18.4. The van der Waals surface area contributed by atoms with Crippen molar-refractivity contribution in [2.24, 2.45) is 0 Å². The molecular weight excluding hydrogens is 402 g/mol. The molecule has 0 aliphatic heterocycles. The molecule has 160 valence electrons. The van der Waals surface area contributed by atoms with E-state index in [1.807, 2.05) is 88.9 Å². The van der Waals surface area contributed by atoms with Gasteiger partial charge in [0, 0.05) is 0 Å². The van der Waals surface area contributed by atoms with Crippen molar-refractivity contribution in [2.75, 3.05) is 6.26 Å². The first kappa shape index (κ1) is 23.8. The molecule has 0 heterocycles. The summed E-state index contributed by atoms with van der Waals surface area (Å²) in [4.78, 5) is 0. The SMILES string of the molecule is Cc1ccccc1C(O)(c1ccccc1C)C(NS(C)(=O)=O)C(C)O[Si](C)(C)C. The minimum atomic E-state index is -3.62. The summed E-state index contributed by atoms with van der Waals surface area (Å²) < 4.78 is 33.6. The minimum Gasteiger partial charge on any atom is -0.413 e. The Morgan fingerprint density at radius 1 is 0.966 bits per heavy atom. The van der Waals surface area contributed by atoms with E-state index in [1.165, 1.54) is 0 Å². The van der Waals surface area contributed by atoms with Crippen LogP contribution in [0.3, 0.4) is 0 Å². The molecule has 2 N–H and O–H groups in total. The van der Waals surface area contributed by atoms with Crippen molar-refractivity contribution in [1.29, 1.82) is 0 Å². The third-order valence-electron chi connectivity index (χ3n) is 4.91. The predicted octanol–water partition coefficient (Wildman–Crippen LogP) is 3.70. The summed E-state index contributed by atoms with van der Waals surface area (Å²) in [6, 6.07) is 14.1. The minimum absolute atomic E-state index is 0.555. The van der Waals surface area contributed by atoms with E-state index < -0.39 is 36.1 Å². The quantitative estimate of drug-likeness (QED) is 0.620. The van der Waals surface area contributed by atoms with Gasteiger partial charge in [0.2, 0.25) is 10.0 Å². The molecule has 0 radical (unpaired) electrons. The molecule has 0 bridgehead atoms. The molecule has 7 heteroatoms. The van der Waals surface area contributed by atoms with Gasteiger partial charge in [-0.1, -0.05) is 48.5 Å². The third kappa shape index (κ3) is 5.76. The van der Waals surface area contributed by atoms with Crippen LogP contribution in [0.2, 0.25) is 19.6 Å². The van der Waals surface area contributed by atoms with Crippen LogP contribution >= 0.6 is 0 Å². The first-order valence-corrected chi connectivity index (χ1v) is 15.1. The molecule has 2 atom stereocenters. The van der Waals surface area contributed by atoms with Gasteiger partial charge in [-0.05, 0) is 62.7 Å². The van der Waals surface area contributed by atoms with Crippen LogP contribution in [0.5, 0.6) is 0 Å². The lowest BCUT2D eigenvalue weighted by atomic mass is 9.75. The average molecular weight is 436 g/mol. The Balaban J connectivity index is 2.80. The van der Waals surface area contributed by atoms with E-state index in [-0.39, 0.29) is 0 Å². The number of rotatable bonds is 8. The van der Waals surface area contributed by atoms with Gasteiger partial charge in [-0.25, -0.2) is 13.1 Å². The summed E-state index contributed by atoms with van der Waals surface area (Å²) in [7, 11) is -5.64. The predicted molar refractivity (Wildman–Crippen MR) is 121 cm³/mol. The highest BCUT2D eigenvalue weighted by molar-refractivity contribution is 7.88. The van der Waals surface area contributed by atoms with Crippen LogP contribution in [-0.4, -0.2) is 40.2 Å². The molecule has 0 aliphatic carbocycles. The van der Waals surface area contributed by atoms with Crippen molar-refractivity contribution in [3.05, 3.63) is 70.8 Å². The number of aliphatic hydroxyl groups is 1. The van der Waals surface area contributed by atoms with Crippen LogP contribution < -0.4 is 4.72 Å². The number of benzene rings is 2. The number of hydrogen-bond donors (Lipinski definition) is 2. The lowest BCUT2D eigenvalue weighted by molar-refractivity contribution is -0.00175. The van der Waals surface area contributed by atoms with E-state index in [2.05, 4.69) is 4.72 Å². The summed E-state index contributed by atoms with van der Waals surface area (Å²) in [5.74, 6) is 0. The van der Waals surface area contributed by atoms with Crippen molar-refractivity contribution >= 4 is 18.3 Å². The maximum absolute atomic E-state index is 12.3. The van der Waals surface area contributed by atoms with Gasteiger partial charge in [-0.3, -0.25) is 0 Å². The first-order chi connectivity index (χ1) is 13.3. The second-order valence-electron chi connectivity index (χ2n) is 8.70. The highest BCUT2D eigenvalue weighted by Crippen LogP contribution is 2.39. The topological polar surface area (TPSA) is 75.6 Å². The number of hydrogen-bond acceptors (Lipinski definition) is 4. The van der Waals surface area contributed by atoms with Crippen molar-refractivity contribution in [1.82, 2.24) is 4.72 Å². The van der Waals surface area contributed by atoms with Gasteiger partial charge >= 0.3 is 0 Å². The van der Waals surface area contributed by atoms with Gasteiger partial charge in [0.1, 0.15) is 5.60 Å². The summed E-state index contributed by atoms with van der Waals surface area (Å²) >= 11 is 0. The summed E-state index contributed by atoms with van der Waals surface area (Å²) in [5.41, 5.74) is 1.44. The Labute approximate surface area is 176 Å². The van der Waals surface area contributed by atoms with Crippen molar-refractivity contribution in [3.63, 3.8) is 0 Å². The van der Waals surface area contributed by atoms with Gasteiger partial charge < -0.3 is 9.53 Å². The Bertz CT molecular complexity index is 908. The maximum atomic E-state index is 12.3. The normalized spacial score (nSPS) is 15.2. The molecule has 29 heavy (non-hydrogen) atoms. The molecule has 2 aromatic rings. The van der Waals surface area contributed by atoms with Crippen LogP contribution in [-0.2, 0) is 20.1 Å². The van der Waals surface area contributed by atoms with Crippen LogP contribution in [0.4, 0.5) is 0 Å². The molecule has 0 saturated heterocycles. The van der Waals surface area contributed by atoms with Crippen molar-refractivity contribution < 1.29 is 18.0 Å². The third-order valence-corrected chi connectivity index (χ3v) is 6.67. The van der Waals surface area contributed by atoms with Gasteiger partial charge in [0.05, 0.1) is 18.4 Å². The number of sulfonamides is 1. The van der Waals surface area contributed by atoms with E-state index in [9.17, 15) is 13.5 Å². The van der Waals surface area contributed by atoms with E-state index in [4.69, 9.17) is 4.43 Å². The van der Waals surface area contributed by atoms with Crippen molar-refractivity contribution in [2.45, 2.75) is 58.2 Å². The molecular formula is C22H33NO4SSi. The number of aryl methyl sites for hydroxylation is 2. The second kappa shape index (κ2) is 8.69. The van der Waals surface area contributed by atoms with Gasteiger partial charge in [0.15, 0.2) is 8.32 Å². The fraction of sp³-hybridized carbons (Fsp3) is 0.455. The fourth-order valence-electron chi connectivity index (χ4n) is 3.86. The smallest absolute Gasteiger partial charge is 0.209 e. The molecule has 2 rings (SSSR count). The van der Waals surface area contributed by atoms with Gasteiger partial charge in [-0.2, -0.15) is 0 Å². The molecule has 0 saturated carbocycles. The van der Waals surface area contributed by atoms with Crippen LogP contribution in [0, 0.1) is 13.8 Å². The molecule has 0 aromatic heterocycles. The highest BCUT2D eigenvalue weighted by Gasteiger charge is 2.47. The Kier molecular flexibility index (Phi) is 7.12. The standard InChI is InChI=1S/C22H33NO4SSi/c1-16-12-8-10-14-19(16)22(24,20-15-11-9-13-17(20)2)21(23-28(4,25)26)18(3)27-29(5,6)7/h8-15,18,21,23-24H,1-7H3. The van der Waals surface area contributed by atoms with E-state index in [0.717, 1.165) is 17.4 Å². The van der Waals surface area contributed by atoms with Gasteiger partial charge in [0.25, 0.3) is 0 Å². The molecule has 0 aliphatic rings.